The summed E-state index contributed by atoms with van der Waals surface area (Å²) < 4.78 is 6.76. The van der Waals surface area contributed by atoms with E-state index in [0.717, 1.165) is 12.8 Å². The molecule has 0 radical (unpaired) electrons. The predicted octanol–water partition coefficient (Wildman–Crippen LogP) is 9.66. The Morgan fingerprint density at radius 2 is 1.17 bits per heavy atom. The van der Waals surface area contributed by atoms with Crippen LogP contribution in [0.2, 0.25) is 18.1 Å². The summed E-state index contributed by atoms with van der Waals surface area (Å²) in [7, 11) is -1.72. The van der Waals surface area contributed by atoms with Gasteiger partial charge in [-0.05, 0) is 31.0 Å². The van der Waals surface area contributed by atoms with Gasteiger partial charge in [-0.3, -0.25) is 0 Å². The molecule has 1 unspecified atom stereocenters. The Kier molecular flexibility index (Phi) is 17.3. The Morgan fingerprint density at radius 3 is 1.69 bits per heavy atom. The zero-order chi connectivity index (χ0) is 22.0. The van der Waals surface area contributed by atoms with Gasteiger partial charge in [0.25, 0.3) is 0 Å². The molecule has 2 heteroatoms. The van der Waals surface area contributed by atoms with Crippen LogP contribution in [0, 0.1) is 11.8 Å². The van der Waals surface area contributed by atoms with Crippen LogP contribution < -0.4 is 0 Å². The minimum Gasteiger partial charge on any atom is -0.413 e. The topological polar surface area (TPSA) is 9.23 Å². The van der Waals surface area contributed by atoms with Crippen LogP contribution in [0.5, 0.6) is 0 Å². The van der Waals surface area contributed by atoms with E-state index in [1.807, 2.05) is 0 Å². The summed E-state index contributed by atoms with van der Waals surface area (Å²) in [4.78, 5) is 0. The van der Waals surface area contributed by atoms with Gasteiger partial charge < -0.3 is 4.43 Å². The largest absolute Gasteiger partial charge is 0.413 e. The third-order valence-corrected chi connectivity index (χ3v) is 11.0. The fourth-order valence-electron chi connectivity index (χ4n) is 3.39. The fraction of sp³-hybridized carbons (Fsp3) is 0.926. The van der Waals surface area contributed by atoms with Crippen molar-refractivity contribution in [3.8, 4) is 11.8 Å². The molecule has 1 atom stereocenters. The highest BCUT2D eigenvalue weighted by Crippen LogP contribution is 2.38. The third kappa shape index (κ3) is 16.1. The third-order valence-electron chi connectivity index (χ3n) is 6.51. The van der Waals surface area contributed by atoms with Gasteiger partial charge in [0.05, 0.1) is 6.10 Å². The van der Waals surface area contributed by atoms with E-state index in [0.29, 0.717) is 6.10 Å². The molecule has 0 rings (SSSR count). The Morgan fingerprint density at radius 1 is 0.690 bits per heavy atom. The van der Waals surface area contributed by atoms with E-state index < -0.39 is 8.32 Å². The monoisotopic (exact) mass is 422 g/mol. The van der Waals surface area contributed by atoms with Gasteiger partial charge in [0.1, 0.15) is 0 Å². The van der Waals surface area contributed by atoms with Crippen molar-refractivity contribution in [3.05, 3.63) is 0 Å². The van der Waals surface area contributed by atoms with E-state index in [1.165, 1.54) is 89.9 Å². The average Bonchev–Trinajstić information content (AvgIpc) is 2.64. The maximum Gasteiger partial charge on any atom is 0.192 e. The summed E-state index contributed by atoms with van der Waals surface area (Å²) in [5.74, 6) is 6.88. The van der Waals surface area contributed by atoms with Crippen molar-refractivity contribution in [1.82, 2.24) is 0 Å². The maximum atomic E-state index is 6.76. The molecule has 0 heterocycles. The van der Waals surface area contributed by atoms with Crippen molar-refractivity contribution in [2.24, 2.45) is 0 Å². The Labute approximate surface area is 186 Å². The van der Waals surface area contributed by atoms with Crippen LogP contribution in [0.25, 0.3) is 0 Å². The number of hydrogen-bond donors (Lipinski definition) is 0. The van der Waals surface area contributed by atoms with Crippen molar-refractivity contribution in [2.75, 3.05) is 0 Å². The molecule has 0 aromatic heterocycles. The van der Waals surface area contributed by atoms with Crippen LogP contribution in [0.4, 0.5) is 0 Å². The highest BCUT2D eigenvalue weighted by Gasteiger charge is 2.38. The second-order valence-corrected chi connectivity index (χ2v) is 15.2. The highest BCUT2D eigenvalue weighted by atomic mass is 28.4. The van der Waals surface area contributed by atoms with E-state index in [4.69, 9.17) is 4.43 Å². The van der Waals surface area contributed by atoms with Crippen molar-refractivity contribution >= 4 is 8.32 Å². The zero-order valence-corrected chi connectivity index (χ0v) is 22.3. The summed E-state index contributed by atoms with van der Waals surface area (Å²) in [6, 6.07) is 0. The Bertz CT molecular complexity index is 424. The quantitative estimate of drug-likeness (QED) is 0.129. The molecule has 0 aliphatic rings. The summed E-state index contributed by atoms with van der Waals surface area (Å²) >= 11 is 0. The van der Waals surface area contributed by atoms with Crippen molar-refractivity contribution in [3.63, 3.8) is 0 Å². The molecule has 0 amide bonds. The van der Waals surface area contributed by atoms with Crippen molar-refractivity contribution in [1.29, 1.82) is 0 Å². The first-order valence-corrected chi connectivity index (χ1v) is 15.8. The van der Waals surface area contributed by atoms with Gasteiger partial charge >= 0.3 is 0 Å². The minimum absolute atomic E-state index is 0.275. The van der Waals surface area contributed by atoms with E-state index in [9.17, 15) is 0 Å². The molecule has 29 heavy (non-hydrogen) atoms. The normalized spacial score (nSPS) is 13.2. The second kappa shape index (κ2) is 17.4. The van der Waals surface area contributed by atoms with E-state index in [2.05, 4.69) is 59.6 Å². The van der Waals surface area contributed by atoms with Gasteiger partial charge in [0, 0.05) is 12.8 Å². The lowest BCUT2D eigenvalue weighted by Gasteiger charge is -2.39. The minimum atomic E-state index is -1.72. The second-order valence-electron chi connectivity index (χ2n) is 10.5. The van der Waals surface area contributed by atoms with Gasteiger partial charge in [-0.15, -0.1) is 11.8 Å². The first kappa shape index (κ1) is 28.7. The van der Waals surface area contributed by atoms with Crippen LogP contribution in [-0.2, 0) is 4.43 Å². The Hall–Kier alpha value is -0.263. The molecule has 0 saturated carbocycles. The SMILES string of the molecule is CCCCCCC#CCC(CCCCCCCCCCC)O[Si](C)(C)C(C)(C)C. The van der Waals surface area contributed by atoms with Crippen molar-refractivity contribution < 1.29 is 4.43 Å². The van der Waals surface area contributed by atoms with Gasteiger partial charge in [-0.2, -0.15) is 0 Å². The van der Waals surface area contributed by atoms with Crippen LogP contribution in [0.1, 0.15) is 137 Å². The highest BCUT2D eigenvalue weighted by molar-refractivity contribution is 6.74. The molecule has 172 valence electrons. The van der Waals surface area contributed by atoms with Crippen LogP contribution in [0.15, 0.2) is 0 Å². The summed E-state index contributed by atoms with van der Waals surface area (Å²) in [5.41, 5.74) is 0. The van der Waals surface area contributed by atoms with Gasteiger partial charge in [0.15, 0.2) is 8.32 Å². The summed E-state index contributed by atoms with van der Waals surface area (Å²) in [6.07, 6.45) is 21.2. The van der Waals surface area contributed by atoms with Crippen molar-refractivity contribution in [2.45, 2.75) is 162 Å². The molecule has 0 saturated heterocycles. The molecule has 0 spiro atoms. The zero-order valence-electron chi connectivity index (χ0n) is 21.3. The summed E-state index contributed by atoms with van der Waals surface area (Å²) in [5, 5.41) is 0.275. The molecular formula is C27H54OSi. The van der Waals surface area contributed by atoms with E-state index in [1.54, 1.807) is 0 Å². The van der Waals surface area contributed by atoms with E-state index in [-0.39, 0.29) is 5.04 Å². The first-order valence-electron chi connectivity index (χ1n) is 12.9. The molecular weight excluding hydrogens is 368 g/mol. The molecule has 0 aliphatic heterocycles. The lowest BCUT2D eigenvalue weighted by Crippen LogP contribution is -2.43. The molecule has 0 aromatic rings. The standard InChI is InChI=1S/C27H54OSi/c1-8-10-12-14-16-17-19-21-23-25-26(28-29(6,7)27(3,4)5)24-22-20-18-15-13-11-9-2/h26H,8-19,21,23-25H2,1-7H3. The van der Waals surface area contributed by atoms with Gasteiger partial charge in [0.2, 0.25) is 0 Å². The van der Waals surface area contributed by atoms with Gasteiger partial charge in [-0.1, -0.05) is 112 Å². The molecule has 0 N–H and O–H groups in total. The van der Waals surface area contributed by atoms with E-state index >= 15 is 0 Å². The molecule has 0 fully saturated rings. The lowest BCUT2D eigenvalue weighted by atomic mass is 10.0. The van der Waals surface area contributed by atoms with Crippen LogP contribution >= 0.6 is 0 Å². The van der Waals surface area contributed by atoms with Crippen LogP contribution in [-0.4, -0.2) is 14.4 Å². The molecule has 0 aromatic carbocycles. The molecule has 1 nitrogen and oxygen atoms in total. The van der Waals surface area contributed by atoms with Crippen LogP contribution in [0.3, 0.4) is 0 Å². The maximum absolute atomic E-state index is 6.76. The fourth-order valence-corrected chi connectivity index (χ4v) is 4.78. The first-order chi connectivity index (χ1) is 13.7. The summed E-state index contributed by atoms with van der Waals surface area (Å²) in [6.45, 7) is 16.3. The number of rotatable bonds is 17. The average molecular weight is 423 g/mol. The smallest absolute Gasteiger partial charge is 0.192 e. The lowest BCUT2D eigenvalue weighted by molar-refractivity contribution is 0.172. The Balaban J connectivity index is 4.31. The molecule has 0 aliphatic carbocycles. The number of hydrogen-bond acceptors (Lipinski definition) is 1. The number of unbranched alkanes of at least 4 members (excludes halogenated alkanes) is 12. The molecule has 0 bridgehead atoms. The van der Waals surface area contributed by atoms with Gasteiger partial charge in [-0.25, -0.2) is 0 Å². The predicted molar refractivity (Wildman–Crippen MR) is 135 cm³/mol.